The molecule has 2 aromatic heterocycles. The summed E-state index contributed by atoms with van der Waals surface area (Å²) < 4.78 is 6.82. The van der Waals surface area contributed by atoms with Crippen molar-refractivity contribution in [2.45, 2.75) is 26.2 Å². The largest absolute Gasteiger partial charge is 0.457 e. The van der Waals surface area contributed by atoms with Crippen LogP contribution < -0.4 is 5.32 Å². The molecule has 0 aliphatic carbocycles. The van der Waals surface area contributed by atoms with Crippen molar-refractivity contribution in [1.82, 2.24) is 20.1 Å². The molecule has 0 bridgehead atoms. The van der Waals surface area contributed by atoms with Gasteiger partial charge in [-0.3, -0.25) is 9.67 Å². The third kappa shape index (κ3) is 3.54. The van der Waals surface area contributed by atoms with E-state index in [-0.39, 0.29) is 12.6 Å². The van der Waals surface area contributed by atoms with E-state index in [9.17, 15) is 9.90 Å². The molecule has 0 spiro atoms. The van der Waals surface area contributed by atoms with Crippen molar-refractivity contribution in [3.05, 3.63) is 70.7 Å². The molecule has 1 atom stereocenters. The van der Waals surface area contributed by atoms with E-state index in [1.165, 1.54) is 0 Å². The van der Waals surface area contributed by atoms with Gasteiger partial charge in [0.05, 0.1) is 23.6 Å². The van der Waals surface area contributed by atoms with Gasteiger partial charge in [-0.2, -0.15) is 5.10 Å². The molecule has 1 aliphatic heterocycles. The van der Waals surface area contributed by atoms with Gasteiger partial charge in [-0.1, -0.05) is 12.1 Å². The predicted octanol–water partition coefficient (Wildman–Crippen LogP) is 2.28. The maximum absolute atomic E-state index is 11.6. The summed E-state index contributed by atoms with van der Waals surface area (Å²) in [5.41, 5.74) is 6.09. The molecule has 1 aliphatic rings. The molecule has 2 N–H and O–H groups in total. The van der Waals surface area contributed by atoms with Crippen LogP contribution in [0.2, 0.25) is 0 Å². The summed E-state index contributed by atoms with van der Waals surface area (Å²) in [5, 5.41) is 18.0. The first-order valence-electron chi connectivity index (χ1n) is 9.15. The first-order valence-corrected chi connectivity index (χ1v) is 9.15. The molecule has 0 saturated heterocycles. The SMILES string of the molecule is Cc1c(C(O)CNCc2ccc(-c3cnn(C)c3)nc2)ccc2c1COC2=O. The molecule has 144 valence electrons. The number of fused-ring (bicyclic) bond motifs is 1. The smallest absolute Gasteiger partial charge is 0.338 e. The summed E-state index contributed by atoms with van der Waals surface area (Å²) >= 11 is 0. The molecular formula is C21H22N4O3. The molecule has 7 heteroatoms. The Bertz CT molecular complexity index is 1010. The molecule has 3 heterocycles. The van der Waals surface area contributed by atoms with Gasteiger partial charge in [-0.25, -0.2) is 4.79 Å². The molecule has 28 heavy (non-hydrogen) atoms. The van der Waals surface area contributed by atoms with Crippen molar-refractivity contribution in [3.8, 4) is 11.3 Å². The second-order valence-electron chi connectivity index (χ2n) is 6.98. The molecule has 3 aromatic rings. The highest BCUT2D eigenvalue weighted by molar-refractivity contribution is 5.93. The second-order valence-corrected chi connectivity index (χ2v) is 6.98. The lowest BCUT2D eigenvalue weighted by Gasteiger charge is -2.16. The van der Waals surface area contributed by atoms with Gasteiger partial charge in [0.1, 0.15) is 6.61 Å². The first-order chi connectivity index (χ1) is 13.5. The number of nitrogens with zero attached hydrogens (tertiary/aromatic N) is 3. The van der Waals surface area contributed by atoms with Crippen LogP contribution >= 0.6 is 0 Å². The van der Waals surface area contributed by atoms with Gasteiger partial charge in [-0.15, -0.1) is 0 Å². The van der Waals surface area contributed by atoms with Crippen LogP contribution in [0, 0.1) is 6.92 Å². The topological polar surface area (TPSA) is 89.3 Å². The molecule has 0 amide bonds. The lowest BCUT2D eigenvalue weighted by Crippen LogP contribution is -2.22. The Kier molecular flexibility index (Phi) is 4.93. The Morgan fingerprint density at radius 3 is 2.86 bits per heavy atom. The maximum Gasteiger partial charge on any atom is 0.338 e. The van der Waals surface area contributed by atoms with Gasteiger partial charge >= 0.3 is 5.97 Å². The molecule has 0 saturated carbocycles. The lowest BCUT2D eigenvalue weighted by atomic mass is 9.95. The first kappa shape index (κ1) is 18.3. The Hall–Kier alpha value is -3.03. The minimum Gasteiger partial charge on any atom is -0.457 e. The number of carbonyl (C=O) groups excluding carboxylic acids is 1. The third-order valence-electron chi connectivity index (χ3n) is 5.06. The number of pyridine rings is 1. The summed E-state index contributed by atoms with van der Waals surface area (Å²) in [6.07, 6.45) is 4.87. The van der Waals surface area contributed by atoms with Crippen LogP contribution in [0.5, 0.6) is 0 Å². The summed E-state index contributed by atoms with van der Waals surface area (Å²) in [4.78, 5) is 16.1. The van der Waals surface area contributed by atoms with E-state index in [1.54, 1.807) is 23.0 Å². The lowest BCUT2D eigenvalue weighted by molar-refractivity contribution is 0.0535. The van der Waals surface area contributed by atoms with Gasteiger partial charge in [0, 0.05) is 43.7 Å². The fourth-order valence-corrected chi connectivity index (χ4v) is 3.45. The standard InChI is InChI=1S/C21H22N4O3/c1-13-16(4-5-17-18(13)12-28-21(17)27)20(26)10-22-7-14-3-6-19(23-8-14)15-9-24-25(2)11-15/h3-6,8-9,11,20,22,26H,7,10,12H2,1-2H3. The van der Waals surface area contributed by atoms with Crippen LogP contribution in [0.4, 0.5) is 0 Å². The van der Waals surface area contributed by atoms with E-state index in [4.69, 9.17) is 4.74 Å². The molecule has 0 radical (unpaired) electrons. The average Bonchev–Trinajstić information content (AvgIpc) is 3.29. The van der Waals surface area contributed by atoms with E-state index < -0.39 is 6.10 Å². The number of cyclic esters (lactones) is 1. The van der Waals surface area contributed by atoms with E-state index in [0.717, 1.165) is 33.5 Å². The third-order valence-corrected chi connectivity index (χ3v) is 5.06. The second kappa shape index (κ2) is 7.53. The Labute approximate surface area is 163 Å². The van der Waals surface area contributed by atoms with Crippen molar-refractivity contribution in [2.75, 3.05) is 6.54 Å². The fourth-order valence-electron chi connectivity index (χ4n) is 3.45. The summed E-state index contributed by atoms with van der Waals surface area (Å²) in [5.74, 6) is -0.292. The monoisotopic (exact) mass is 378 g/mol. The van der Waals surface area contributed by atoms with Gasteiger partial charge in [0.25, 0.3) is 0 Å². The number of ether oxygens (including phenoxy) is 1. The van der Waals surface area contributed by atoms with E-state index in [0.29, 0.717) is 18.7 Å². The minimum absolute atomic E-state index is 0.281. The van der Waals surface area contributed by atoms with Crippen LogP contribution in [0.3, 0.4) is 0 Å². The van der Waals surface area contributed by atoms with Crippen molar-refractivity contribution in [2.24, 2.45) is 7.05 Å². The number of esters is 1. The number of aromatic nitrogens is 3. The Morgan fingerprint density at radius 1 is 1.29 bits per heavy atom. The molecular weight excluding hydrogens is 356 g/mol. The van der Waals surface area contributed by atoms with E-state index in [1.807, 2.05) is 38.5 Å². The van der Waals surface area contributed by atoms with E-state index >= 15 is 0 Å². The van der Waals surface area contributed by atoms with Gasteiger partial charge in [-0.05, 0) is 35.7 Å². The van der Waals surface area contributed by atoms with Crippen LogP contribution in [-0.2, 0) is 24.9 Å². The fraction of sp³-hybridized carbons (Fsp3) is 0.286. The van der Waals surface area contributed by atoms with Gasteiger partial charge < -0.3 is 15.2 Å². The highest BCUT2D eigenvalue weighted by Crippen LogP contribution is 2.28. The zero-order valence-electron chi connectivity index (χ0n) is 15.8. The van der Waals surface area contributed by atoms with Crippen molar-refractivity contribution in [1.29, 1.82) is 0 Å². The predicted molar refractivity (Wildman–Crippen MR) is 103 cm³/mol. The van der Waals surface area contributed by atoms with Crippen LogP contribution in [0.1, 0.15) is 38.7 Å². The highest BCUT2D eigenvalue weighted by Gasteiger charge is 2.25. The van der Waals surface area contributed by atoms with Gasteiger partial charge in [0.15, 0.2) is 0 Å². The molecule has 1 unspecified atom stereocenters. The number of benzene rings is 1. The van der Waals surface area contributed by atoms with Gasteiger partial charge in [0.2, 0.25) is 0 Å². The highest BCUT2D eigenvalue weighted by atomic mass is 16.5. The molecule has 1 aromatic carbocycles. The normalized spacial score (nSPS) is 14.0. The maximum atomic E-state index is 11.6. The molecule has 7 nitrogen and oxygen atoms in total. The number of carbonyl (C=O) groups is 1. The number of hydrogen-bond acceptors (Lipinski definition) is 6. The quantitative estimate of drug-likeness (QED) is 0.640. The van der Waals surface area contributed by atoms with Crippen molar-refractivity contribution in [3.63, 3.8) is 0 Å². The zero-order valence-corrected chi connectivity index (χ0v) is 15.8. The summed E-state index contributed by atoms with van der Waals surface area (Å²) in [6, 6.07) is 7.51. The number of aliphatic hydroxyl groups excluding tert-OH is 1. The van der Waals surface area contributed by atoms with Crippen LogP contribution in [-0.4, -0.2) is 32.4 Å². The molecule has 0 fully saturated rings. The minimum atomic E-state index is -0.663. The van der Waals surface area contributed by atoms with E-state index in [2.05, 4.69) is 15.4 Å². The van der Waals surface area contributed by atoms with Crippen LogP contribution in [0.15, 0.2) is 42.9 Å². The number of aliphatic hydroxyl groups is 1. The summed E-state index contributed by atoms with van der Waals surface area (Å²) in [6.45, 7) is 3.20. The Balaban J connectivity index is 1.36. The van der Waals surface area contributed by atoms with Crippen LogP contribution in [0.25, 0.3) is 11.3 Å². The molecule has 4 rings (SSSR count). The number of nitrogens with one attached hydrogen (secondary N) is 1. The Morgan fingerprint density at radius 2 is 2.14 bits per heavy atom. The number of aryl methyl sites for hydroxylation is 1. The average molecular weight is 378 g/mol. The number of rotatable bonds is 6. The zero-order chi connectivity index (χ0) is 19.7. The summed E-state index contributed by atoms with van der Waals surface area (Å²) in [7, 11) is 1.88. The van der Waals surface area contributed by atoms with Crippen molar-refractivity contribution < 1.29 is 14.6 Å². The number of hydrogen-bond donors (Lipinski definition) is 2. The van der Waals surface area contributed by atoms with Crippen molar-refractivity contribution >= 4 is 5.97 Å².